The lowest BCUT2D eigenvalue weighted by Gasteiger charge is -2.24. The van der Waals surface area contributed by atoms with E-state index in [2.05, 4.69) is 6.58 Å². The Labute approximate surface area is 209 Å². The van der Waals surface area contributed by atoms with Crippen LogP contribution in [0.4, 0.5) is 5.69 Å². The van der Waals surface area contributed by atoms with Crippen LogP contribution in [0.5, 0.6) is 0 Å². The quantitative estimate of drug-likeness (QED) is 0.354. The molecule has 35 heavy (non-hydrogen) atoms. The molecule has 0 aromatic heterocycles. The van der Waals surface area contributed by atoms with Crippen LogP contribution in [-0.4, -0.2) is 71.4 Å². The maximum absolute atomic E-state index is 13.4. The van der Waals surface area contributed by atoms with Gasteiger partial charge in [-0.05, 0) is 36.8 Å². The summed E-state index contributed by atoms with van der Waals surface area (Å²) in [6, 6.07) is 11.2. The third kappa shape index (κ3) is 6.22. The third-order valence-corrected chi connectivity index (χ3v) is 9.40. The number of hydrogen-bond acceptors (Lipinski definition) is 7. The van der Waals surface area contributed by atoms with Crippen LogP contribution in [0.2, 0.25) is 5.02 Å². The second-order valence-electron chi connectivity index (χ2n) is 7.94. The molecule has 1 fully saturated rings. The first-order chi connectivity index (χ1) is 16.5. The summed E-state index contributed by atoms with van der Waals surface area (Å²) in [7, 11) is -5.85. The Balaban J connectivity index is 1.75. The zero-order valence-electron chi connectivity index (χ0n) is 19.0. The summed E-state index contributed by atoms with van der Waals surface area (Å²) in [5.41, 5.74) is 0.187. The number of sulfonamides is 1. The second-order valence-corrected chi connectivity index (χ2v) is 12.4. The molecule has 0 bridgehead atoms. The molecule has 188 valence electrons. The number of halogens is 1. The lowest BCUT2D eigenvalue weighted by atomic mass is 10.2. The fourth-order valence-electron chi connectivity index (χ4n) is 3.60. The summed E-state index contributed by atoms with van der Waals surface area (Å²) in [5, 5.41) is 0.228. The Morgan fingerprint density at radius 2 is 1.91 bits per heavy atom. The Morgan fingerprint density at radius 3 is 2.54 bits per heavy atom. The largest absolute Gasteiger partial charge is 0.452 e. The SMILES string of the molecule is C=CCN(c1ccccc1Cl)S(=O)(=O)c1cccc(C(=O)OCC(=O)N(C)[C@@H]2CCS(=O)(=O)C2)c1. The van der Waals surface area contributed by atoms with E-state index < -0.39 is 44.4 Å². The van der Waals surface area contributed by atoms with Crippen LogP contribution in [0.1, 0.15) is 16.8 Å². The van der Waals surface area contributed by atoms with Crippen LogP contribution in [0.15, 0.2) is 66.1 Å². The van der Waals surface area contributed by atoms with Crippen LogP contribution in [-0.2, 0) is 29.4 Å². The number of carbonyl (C=O) groups excluding carboxylic acids is 2. The van der Waals surface area contributed by atoms with Crippen molar-refractivity contribution in [2.24, 2.45) is 0 Å². The molecule has 0 aliphatic carbocycles. The van der Waals surface area contributed by atoms with Crippen molar-refractivity contribution < 1.29 is 31.2 Å². The van der Waals surface area contributed by atoms with E-state index in [4.69, 9.17) is 16.3 Å². The summed E-state index contributed by atoms with van der Waals surface area (Å²) in [4.78, 5) is 26.0. The van der Waals surface area contributed by atoms with Crippen LogP contribution in [0.3, 0.4) is 0 Å². The van der Waals surface area contributed by atoms with Gasteiger partial charge in [0, 0.05) is 13.1 Å². The van der Waals surface area contributed by atoms with E-state index in [1.165, 1.54) is 36.2 Å². The number of likely N-dealkylation sites (N-methyl/N-ethyl adjacent to an activating group) is 1. The van der Waals surface area contributed by atoms with Crippen molar-refractivity contribution >= 4 is 49.0 Å². The first-order valence-corrected chi connectivity index (χ1v) is 14.2. The minimum Gasteiger partial charge on any atom is -0.452 e. The van der Waals surface area contributed by atoms with Crippen LogP contribution >= 0.6 is 11.6 Å². The number of ether oxygens (including phenoxy) is 1. The average Bonchev–Trinajstić information content (AvgIpc) is 3.20. The van der Waals surface area contributed by atoms with Gasteiger partial charge in [0.05, 0.1) is 39.2 Å². The summed E-state index contributed by atoms with van der Waals surface area (Å²) in [5.74, 6) is -1.57. The Hall–Kier alpha value is -2.89. The zero-order valence-corrected chi connectivity index (χ0v) is 21.4. The number of sulfone groups is 1. The van der Waals surface area contributed by atoms with Crippen molar-refractivity contribution in [1.82, 2.24) is 4.90 Å². The number of para-hydroxylation sites is 1. The molecular formula is C23H25ClN2O7S2. The molecule has 0 radical (unpaired) electrons. The molecule has 12 heteroatoms. The Morgan fingerprint density at radius 1 is 1.20 bits per heavy atom. The van der Waals surface area contributed by atoms with Gasteiger partial charge in [-0.2, -0.15) is 0 Å². The van der Waals surface area contributed by atoms with Gasteiger partial charge in [-0.3, -0.25) is 9.10 Å². The minimum absolute atomic E-state index is 0.00735. The number of hydrogen-bond donors (Lipinski definition) is 0. The molecule has 1 aliphatic rings. The summed E-state index contributed by atoms with van der Waals surface area (Å²) in [6.07, 6.45) is 1.74. The van der Waals surface area contributed by atoms with Crippen molar-refractivity contribution in [1.29, 1.82) is 0 Å². The molecule has 9 nitrogen and oxygen atoms in total. The van der Waals surface area contributed by atoms with Crippen molar-refractivity contribution in [3.63, 3.8) is 0 Å². The topological polar surface area (TPSA) is 118 Å². The molecule has 1 aliphatic heterocycles. The molecule has 1 amide bonds. The highest BCUT2D eigenvalue weighted by molar-refractivity contribution is 7.93. The first kappa shape index (κ1) is 26.7. The molecule has 2 aromatic rings. The Kier molecular flexibility index (Phi) is 8.24. The molecule has 0 spiro atoms. The number of nitrogens with zero attached hydrogens (tertiary/aromatic N) is 2. The summed E-state index contributed by atoms with van der Waals surface area (Å²) >= 11 is 6.21. The van der Waals surface area contributed by atoms with E-state index in [9.17, 15) is 26.4 Å². The summed E-state index contributed by atoms with van der Waals surface area (Å²) in [6.45, 7) is 2.94. The second kappa shape index (κ2) is 10.8. The molecule has 3 rings (SSSR count). The fourth-order valence-corrected chi connectivity index (χ4v) is 7.17. The minimum atomic E-state index is -4.12. The number of rotatable bonds is 9. The van der Waals surface area contributed by atoms with Gasteiger partial charge in [-0.15, -0.1) is 6.58 Å². The predicted octanol–water partition coefficient (Wildman–Crippen LogP) is 2.52. The number of esters is 1. The van der Waals surface area contributed by atoms with Crippen molar-refractivity contribution in [2.75, 3.05) is 36.0 Å². The highest BCUT2D eigenvalue weighted by Gasteiger charge is 2.33. The van der Waals surface area contributed by atoms with Crippen molar-refractivity contribution in [3.05, 3.63) is 71.8 Å². The molecule has 1 saturated heterocycles. The van der Waals surface area contributed by atoms with E-state index in [-0.39, 0.29) is 39.2 Å². The highest BCUT2D eigenvalue weighted by atomic mass is 35.5. The van der Waals surface area contributed by atoms with Gasteiger partial charge in [-0.25, -0.2) is 21.6 Å². The van der Waals surface area contributed by atoms with Gasteiger partial charge in [0.2, 0.25) is 0 Å². The van der Waals surface area contributed by atoms with Gasteiger partial charge in [0.15, 0.2) is 16.4 Å². The molecule has 0 unspecified atom stereocenters. The smallest absolute Gasteiger partial charge is 0.338 e. The third-order valence-electron chi connectivity index (χ3n) is 5.55. The number of anilines is 1. The molecular weight excluding hydrogens is 516 g/mol. The van der Waals surface area contributed by atoms with Crippen molar-refractivity contribution in [2.45, 2.75) is 17.4 Å². The maximum atomic E-state index is 13.4. The number of benzene rings is 2. The monoisotopic (exact) mass is 540 g/mol. The lowest BCUT2D eigenvalue weighted by molar-refractivity contribution is -0.134. The van der Waals surface area contributed by atoms with Crippen LogP contribution < -0.4 is 4.31 Å². The molecule has 2 aromatic carbocycles. The molecule has 1 heterocycles. The van der Waals surface area contributed by atoms with E-state index in [0.29, 0.717) is 6.42 Å². The predicted molar refractivity (Wildman–Crippen MR) is 133 cm³/mol. The first-order valence-electron chi connectivity index (χ1n) is 10.6. The van der Waals surface area contributed by atoms with E-state index in [1.807, 2.05) is 0 Å². The van der Waals surface area contributed by atoms with Gasteiger partial charge in [-0.1, -0.05) is 35.9 Å². The van der Waals surface area contributed by atoms with Gasteiger partial charge < -0.3 is 9.64 Å². The number of carbonyl (C=O) groups is 2. The lowest BCUT2D eigenvalue weighted by Crippen LogP contribution is -2.40. The normalized spacial score (nSPS) is 16.9. The van der Waals surface area contributed by atoms with Gasteiger partial charge in [0.25, 0.3) is 15.9 Å². The Bertz CT molecular complexity index is 1340. The van der Waals surface area contributed by atoms with Crippen LogP contribution in [0, 0.1) is 0 Å². The van der Waals surface area contributed by atoms with Crippen molar-refractivity contribution in [3.8, 4) is 0 Å². The van der Waals surface area contributed by atoms with Crippen LogP contribution in [0.25, 0.3) is 0 Å². The summed E-state index contributed by atoms with van der Waals surface area (Å²) < 4.78 is 56.2. The highest BCUT2D eigenvalue weighted by Crippen LogP contribution is 2.30. The van der Waals surface area contributed by atoms with E-state index in [1.54, 1.807) is 24.3 Å². The number of amides is 1. The van der Waals surface area contributed by atoms with E-state index in [0.717, 1.165) is 10.4 Å². The molecule has 0 N–H and O–H groups in total. The molecule has 1 atom stereocenters. The standard InChI is InChI=1S/C23H25ClN2O7S2/c1-3-12-26(21-10-5-4-9-20(21)24)35(31,32)19-8-6-7-17(14-19)23(28)33-15-22(27)25(2)18-11-13-34(29,30)16-18/h3-10,14,18H,1,11-13,15-16H2,2H3/t18-/m1/s1. The zero-order chi connectivity index (χ0) is 25.8. The fraction of sp³-hybridized carbons (Fsp3) is 0.304. The van der Waals surface area contributed by atoms with Gasteiger partial charge >= 0.3 is 5.97 Å². The van der Waals surface area contributed by atoms with E-state index >= 15 is 0 Å². The maximum Gasteiger partial charge on any atom is 0.338 e. The van der Waals surface area contributed by atoms with Gasteiger partial charge in [0.1, 0.15) is 0 Å². The molecule has 0 saturated carbocycles. The average molecular weight is 541 g/mol.